The van der Waals surface area contributed by atoms with Crippen LogP contribution in [0.15, 0.2) is 81.8 Å². The van der Waals surface area contributed by atoms with Crippen LogP contribution in [0.5, 0.6) is 5.75 Å². The minimum Gasteiger partial charge on any atom is -0.505 e. The van der Waals surface area contributed by atoms with Gasteiger partial charge in [0.2, 0.25) is 0 Å². The Balaban J connectivity index is 1.67. The fourth-order valence-electron chi connectivity index (χ4n) is 3.72. The van der Waals surface area contributed by atoms with Crippen molar-refractivity contribution in [1.82, 2.24) is 9.78 Å². The molecule has 4 rings (SSSR count). The molecular formula is C27H26N4O4. The summed E-state index contributed by atoms with van der Waals surface area (Å²) >= 11 is 0. The van der Waals surface area contributed by atoms with Gasteiger partial charge in [-0.3, -0.25) is 9.89 Å². The molecule has 4 aromatic rings. The average molecular weight is 471 g/mol. The van der Waals surface area contributed by atoms with E-state index in [-0.39, 0.29) is 33.7 Å². The maximum atomic E-state index is 13.0. The lowest BCUT2D eigenvalue weighted by Crippen LogP contribution is -2.15. The third-order valence-corrected chi connectivity index (χ3v) is 5.72. The minimum atomic E-state index is -1.06. The molecule has 8 heteroatoms. The molecule has 35 heavy (non-hydrogen) atoms. The summed E-state index contributed by atoms with van der Waals surface area (Å²) in [4.78, 5) is 24.3. The molecule has 3 N–H and O–H groups in total. The number of rotatable bonds is 5. The van der Waals surface area contributed by atoms with Gasteiger partial charge in [-0.25, -0.2) is 9.48 Å². The second-order valence-corrected chi connectivity index (χ2v) is 9.28. The van der Waals surface area contributed by atoms with Gasteiger partial charge in [-0.15, -0.1) is 10.2 Å². The first-order chi connectivity index (χ1) is 16.6. The number of carboxylic acids is 1. The molecule has 0 bridgehead atoms. The average Bonchev–Trinajstić information content (AvgIpc) is 3.11. The third kappa shape index (κ3) is 4.77. The zero-order valence-corrected chi connectivity index (χ0v) is 19.9. The Kier molecular flexibility index (Phi) is 6.13. The van der Waals surface area contributed by atoms with Crippen molar-refractivity contribution in [2.75, 3.05) is 0 Å². The van der Waals surface area contributed by atoms with Gasteiger partial charge in [0.05, 0.1) is 16.9 Å². The molecule has 1 heterocycles. The van der Waals surface area contributed by atoms with Crippen LogP contribution >= 0.6 is 0 Å². The van der Waals surface area contributed by atoms with Crippen molar-refractivity contribution in [3.63, 3.8) is 0 Å². The number of nitrogens with zero attached hydrogens (tertiary/aromatic N) is 3. The van der Waals surface area contributed by atoms with Crippen molar-refractivity contribution >= 4 is 17.3 Å². The monoisotopic (exact) mass is 470 g/mol. The minimum absolute atomic E-state index is 0.00000162. The SMILES string of the molecule is Cc1[nH]n(-c2ccc(C(C)(C)C)cc2)c(=O)c1N=Nc1cccc(-c2cccc(C(=O)O)c2)c1O. The van der Waals surface area contributed by atoms with E-state index in [0.717, 1.165) is 5.56 Å². The van der Waals surface area contributed by atoms with Gasteiger partial charge < -0.3 is 10.2 Å². The zero-order chi connectivity index (χ0) is 25.3. The number of nitrogens with one attached hydrogen (secondary N) is 1. The first kappa shape index (κ1) is 23.7. The van der Waals surface area contributed by atoms with Gasteiger partial charge in [-0.2, -0.15) is 0 Å². The number of aromatic hydroxyl groups is 1. The molecule has 0 fully saturated rings. The number of carbonyl (C=O) groups is 1. The van der Waals surface area contributed by atoms with Crippen molar-refractivity contribution in [3.05, 3.63) is 93.9 Å². The zero-order valence-electron chi connectivity index (χ0n) is 19.9. The van der Waals surface area contributed by atoms with E-state index in [1.807, 2.05) is 24.3 Å². The lowest BCUT2D eigenvalue weighted by Gasteiger charge is -2.19. The molecule has 0 saturated heterocycles. The lowest BCUT2D eigenvalue weighted by molar-refractivity contribution is 0.0697. The van der Waals surface area contributed by atoms with E-state index >= 15 is 0 Å². The van der Waals surface area contributed by atoms with E-state index in [1.165, 1.54) is 16.8 Å². The first-order valence-corrected chi connectivity index (χ1v) is 11.1. The van der Waals surface area contributed by atoms with Gasteiger partial charge in [0, 0.05) is 5.56 Å². The molecule has 1 aromatic heterocycles. The fraction of sp³-hybridized carbons (Fsp3) is 0.185. The van der Waals surface area contributed by atoms with Crippen LogP contribution in [0.3, 0.4) is 0 Å². The number of aromatic nitrogens is 2. The highest BCUT2D eigenvalue weighted by Gasteiger charge is 2.16. The molecule has 0 amide bonds. The number of para-hydroxylation sites is 1. The van der Waals surface area contributed by atoms with Crippen LogP contribution in [0.2, 0.25) is 0 Å². The third-order valence-electron chi connectivity index (χ3n) is 5.72. The number of phenols is 1. The van der Waals surface area contributed by atoms with Crippen LogP contribution in [0, 0.1) is 6.92 Å². The normalized spacial score (nSPS) is 11.8. The number of phenolic OH excluding ortho intramolecular Hbond substituents is 1. The highest BCUT2D eigenvalue weighted by molar-refractivity contribution is 5.90. The quantitative estimate of drug-likeness (QED) is 0.298. The van der Waals surface area contributed by atoms with Crippen LogP contribution in [-0.4, -0.2) is 26.0 Å². The summed E-state index contributed by atoms with van der Waals surface area (Å²) in [6.07, 6.45) is 0. The number of azo groups is 1. The summed E-state index contributed by atoms with van der Waals surface area (Å²) < 4.78 is 1.41. The predicted molar refractivity (Wildman–Crippen MR) is 135 cm³/mol. The van der Waals surface area contributed by atoms with Gasteiger partial charge in [-0.05, 0) is 53.8 Å². The Morgan fingerprint density at radius 3 is 2.31 bits per heavy atom. The van der Waals surface area contributed by atoms with Crippen LogP contribution in [0.25, 0.3) is 16.8 Å². The summed E-state index contributed by atoms with van der Waals surface area (Å²) in [6, 6.07) is 18.9. The number of aromatic amines is 1. The Bertz CT molecular complexity index is 1490. The van der Waals surface area contributed by atoms with Crippen molar-refractivity contribution in [1.29, 1.82) is 0 Å². The summed E-state index contributed by atoms with van der Waals surface area (Å²) in [7, 11) is 0. The fourth-order valence-corrected chi connectivity index (χ4v) is 3.72. The van der Waals surface area contributed by atoms with Crippen LogP contribution in [0.4, 0.5) is 11.4 Å². The number of H-pyrrole nitrogens is 1. The second-order valence-electron chi connectivity index (χ2n) is 9.28. The molecule has 178 valence electrons. The molecule has 0 aliphatic carbocycles. The van der Waals surface area contributed by atoms with Crippen LogP contribution in [0.1, 0.15) is 42.4 Å². The van der Waals surface area contributed by atoms with Crippen molar-refractivity contribution in [3.8, 4) is 22.6 Å². The summed E-state index contributed by atoms with van der Waals surface area (Å²) in [5, 5.41) is 31.3. The Morgan fingerprint density at radius 1 is 0.971 bits per heavy atom. The number of benzene rings is 3. The molecule has 0 unspecified atom stereocenters. The van der Waals surface area contributed by atoms with E-state index in [4.69, 9.17) is 0 Å². The maximum Gasteiger partial charge on any atom is 0.335 e. The number of aryl methyl sites for hydroxylation is 1. The smallest absolute Gasteiger partial charge is 0.335 e. The molecule has 8 nitrogen and oxygen atoms in total. The standard InChI is InChI=1S/C27H26N4O4/c1-16-23(25(33)31(30-16)20-13-11-19(12-14-20)27(2,3)4)29-28-22-10-6-9-21(24(22)32)17-7-5-8-18(15-17)26(34)35/h5-15,30,32H,1-4H3,(H,34,35). The number of hydrogen-bond donors (Lipinski definition) is 3. The van der Waals surface area contributed by atoms with Gasteiger partial charge >= 0.3 is 5.97 Å². The molecule has 0 aliphatic heterocycles. The molecule has 0 radical (unpaired) electrons. The van der Waals surface area contributed by atoms with E-state index in [9.17, 15) is 19.8 Å². The Labute approximate surface area is 202 Å². The van der Waals surface area contributed by atoms with Gasteiger partial charge in [0.1, 0.15) is 5.69 Å². The molecule has 0 spiro atoms. The topological polar surface area (TPSA) is 120 Å². The van der Waals surface area contributed by atoms with Crippen LogP contribution < -0.4 is 5.56 Å². The largest absolute Gasteiger partial charge is 0.505 e. The molecule has 0 saturated carbocycles. The van der Waals surface area contributed by atoms with Gasteiger partial charge in [0.25, 0.3) is 5.56 Å². The van der Waals surface area contributed by atoms with E-state index in [0.29, 0.717) is 22.5 Å². The lowest BCUT2D eigenvalue weighted by atomic mass is 9.87. The summed E-state index contributed by atoms with van der Waals surface area (Å²) in [6.45, 7) is 8.10. The molecule has 0 aliphatic rings. The van der Waals surface area contributed by atoms with Gasteiger partial charge in [0.15, 0.2) is 11.4 Å². The van der Waals surface area contributed by atoms with Gasteiger partial charge in [-0.1, -0.05) is 57.2 Å². The highest BCUT2D eigenvalue weighted by Crippen LogP contribution is 2.38. The predicted octanol–water partition coefficient (Wildman–Crippen LogP) is 6.26. The number of aromatic carboxylic acids is 1. The number of carboxylic acid groups (broad SMARTS) is 1. The Morgan fingerprint density at radius 2 is 1.66 bits per heavy atom. The van der Waals surface area contributed by atoms with Crippen LogP contribution in [-0.2, 0) is 5.41 Å². The summed E-state index contributed by atoms with van der Waals surface area (Å²) in [5.41, 5.74) is 3.32. The first-order valence-electron chi connectivity index (χ1n) is 11.1. The maximum absolute atomic E-state index is 13.0. The van der Waals surface area contributed by atoms with Crippen molar-refractivity contribution in [2.45, 2.75) is 33.1 Å². The van der Waals surface area contributed by atoms with Crippen molar-refractivity contribution < 1.29 is 15.0 Å². The molecule has 0 atom stereocenters. The highest BCUT2D eigenvalue weighted by atomic mass is 16.4. The van der Waals surface area contributed by atoms with E-state index < -0.39 is 5.97 Å². The molecular weight excluding hydrogens is 444 g/mol. The molecule has 3 aromatic carbocycles. The number of hydrogen-bond acceptors (Lipinski definition) is 5. The van der Waals surface area contributed by atoms with E-state index in [2.05, 4.69) is 36.1 Å². The Hall–Kier alpha value is -4.46. The second kappa shape index (κ2) is 9.06. The van der Waals surface area contributed by atoms with E-state index in [1.54, 1.807) is 37.3 Å². The summed E-state index contributed by atoms with van der Waals surface area (Å²) in [5.74, 6) is -1.22. The van der Waals surface area contributed by atoms with Crippen molar-refractivity contribution in [2.24, 2.45) is 10.2 Å².